The molecule has 3 nitrogen and oxygen atoms in total. The van der Waals surface area contributed by atoms with E-state index in [9.17, 15) is 26.7 Å². The molecule has 0 aliphatic heterocycles. The maximum absolute atomic E-state index is 12.5. The Labute approximate surface area is 102 Å². The van der Waals surface area contributed by atoms with E-state index < -0.39 is 47.0 Å². The molecule has 0 aliphatic carbocycles. The Hall–Kier alpha value is -1.44. The van der Waals surface area contributed by atoms with Crippen LogP contribution in [-0.4, -0.2) is 16.1 Å². The number of halogens is 6. The van der Waals surface area contributed by atoms with E-state index in [2.05, 4.69) is 4.98 Å². The summed E-state index contributed by atoms with van der Waals surface area (Å²) in [4.78, 5) is 13.5. The molecule has 0 saturated carbocycles. The summed E-state index contributed by atoms with van der Waals surface area (Å²) < 4.78 is 62.3. The Kier molecular flexibility index (Phi) is 4.10. The molecule has 0 aliphatic rings. The standard InChI is InChI=1S/C9H5ClF5NO2/c10-7-4(9(13,14)15)1-3(8(11)12)5(16-7)2-6(17)18/h1,8H,2H2,(H,17,18). The van der Waals surface area contributed by atoms with Crippen LogP contribution in [-0.2, 0) is 17.4 Å². The Bertz CT molecular complexity index is 475. The normalized spacial score (nSPS) is 11.9. The monoisotopic (exact) mass is 289 g/mol. The van der Waals surface area contributed by atoms with Crippen molar-refractivity contribution in [3.05, 3.63) is 28.0 Å². The van der Waals surface area contributed by atoms with Gasteiger partial charge in [0.2, 0.25) is 0 Å². The van der Waals surface area contributed by atoms with Crippen LogP contribution in [0.3, 0.4) is 0 Å². The van der Waals surface area contributed by atoms with E-state index in [1.54, 1.807) is 0 Å². The number of pyridine rings is 1. The van der Waals surface area contributed by atoms with Crippen LogP contribution >= 0.6 is 11.6 Å². The highest BCUT2D eigenvalue weighted by molar-refractivity contribution is 6.30. The number of aromatic nitrogens is 1. The highest BCUT2D eigenvalue weighted by Crippen LogP contribution is 2.37. The molecule has 0 fully saturated rings. The number of hydrogen-bond acceptors (Lipinski definition) is 2. The molecule has 0 amide bonds. The Morgan fingerprint density at radius 1 is 1.44 bits per heavy atom. The van der Waals surface area contributed by atoms with E-state index in [0.29, 0.717) is 0 Å². The summed E-state index contributed by atoms with van der Waals surface area (Å²) in [7, 11) is 0. The molecular weight excluding hydrogens is 285 g/mol. The first kappa shape index (κ1) is 14.6. The topological polar surface area (TPSA) is 50.2 Å². The molecule has 1 heterocycles. The number of alkyl halides is 5. The number of aliphatic carboxylic acids is 1. The van der Waals surface area contributed by atoms with Gasteiger partial charge in [-0.05, 0) is 6.07 Å². The van der Waals surface area contributed by atoms with Gasteiger partial charge < -0.3 is 5.11 Å². The van der Waals surface area contributed by atoms with E-state index in [0.717, 1.165) is 0 Å². The quantitative estimate of drug-likeness (QED) is 0.686. The molecule has 0 saturated heterocycles. The van der Waals surface area contributed by atoms with E-state index >= 15 is 0 Å². The first-order chi connectivity index (χ1) is 8.12. The molecule has 0 atom stereocenters. The highest BCUT2D eigenvalue weighted by Gasteiger charge is 2.36. The number of nitrogens with zero attached hydrogens (tertiary/aromatic N) is 1. The fourth-order valence-corrected chi connectivity index (χ4v) is 1.48. The predicted octanol–water partition coefficient (Wildman–Crippen LogP) is 3.32. The third-order valence-electron chi connectivity index (χ3n) is 1.95. The van der Waals surface area contributed by atoms with Gasteiger partial charge in [0, 0.05) is 5.56 Å². The lowest BCUT2D eigenvalue weighted by molar-refractivity contribution is -0.137. The van der Waals surface area contributed by atoms with Gasteiger partial charge >= 0.3 is 12.1 Å². The van der Waals surface area contributed by atoms with Crippen LogP contribution in [0.4, 0.5) is 22.0 Å². The predicted molar refractivity (Wildman–Crippen MR) is 50.5 cm³/mol. The zero-order chi connectivity index (χ0) is 14.1. The SMILES string of the molecule is O=C(O)Cc1nc(Cl)c(C(F)(F)F)cc1C(F)F. The lowest BCUT2D eigenvalue weighted by atomic mass is 10.1. The van der Waals surface area contributed by atoms with Gasteiger partial charge in [-0.25, -0.2) is 13.8 Å². The number of rotatable bonds is 3. The zero-order valence-electron chi connectivity index (χ0n) is 8.43. The van der Waals surface area contributed by atoms with Crippen LogP contribution < -0.4 is 0 Å². The molecule has 9 heteroatoms. The van der Waals surface area contributed by atoms with Gasteiger partial charge in [0.05, 0.1) is 17.7 Å². The third kappa shape index (κ3) is 3.28. The van der Waals surface area contributed by atoms with Gasteiger partial charge in [0.1, 0.15) is 5.15 Å². The minimum absolute atomic E-state index is 0.123. The summed E-state index contributed by atoms with van der Waals surface area (Å²) in [5.74, 6) is -1.50. The lowest BCUT2D eigenvalue weighted by Gasteiger charge is -2.13. The van der Waals surface area contributed by atoms with Crippen molar-refractivity contribution in [1.29, 1.82) is 0 Å². The molecule has 100 valence electrons. The Morgan fingerprint density at radius 3 is 2.39 bits per heavy atom. The molecule has 0 unspecified atom stereocenters. The average Bonchev–Trinajstić information content (AvgIpc) is 2.13. The number of carboxylic acid groups (broad SMARTS) is 1. The van der Waals surface area contributed by atoms with Gasteiger partial charge in [-0.2, -0.15) is 13.2 Å². The van der Waals surface area contributed by atoms with Crippen molar-refractivity contribution in [1.82, 2.24) is 4.98 Å². The van der Waals surface area contributed by atoms with E-state index in [-0.39, 0.29) is 6.07 Å². The largest absolute Gasteiger partial charge is 0.481 e. The van der Waals surface area contributed by atoms with Crippen molar-refractivity contribution >= 4 is 17.6 Å². The van der Waals surface area contributed by atoms with Crippen LogP contribution in [0.2, 0.25) is 5.15 Å². The van der Waals surface area contributed by atoms with Crippen molar-refractivity contribution in [2.45, 2.75) is 19.0 Å². The second kappa shape index (κ2) is 5.05. The minimum Gasteiger partial charge on any atom is -0.481 e. The van der Waals surface area contributed by atoms with Gasteiger partial charge in [0.15, 0.2) is 0 Å². The average molecular weight is 290 g/mol. The number of hydrogen-bond donors (Lipinski definition) is 1. The summed E-state index contributed by atoms with van der Waals surface area (Å²) in [6.07, 6.45) is -9.14. The second-order valence-corrected chi connectivity index (χ2v) is 3.59. The first-order valence-electron chi connectivity index (χ1n) is 4.39. The van der Waals surface area contributed by atoms with Gasteiger partial charge in [-0.15, -0.1) is 0 Å². The van der Waals surface area contributed by atoms with Gasteiger partial charge in [0.25, 0.3) is 6.43 Å². The highest BCUT2D eigenvalue weighted by atomic mass is 35.5. The Balaban J connectivity index is 3.39. The van der Waals surface area contributed by atoms with Crippen molar-refractivity contribution < 1.29 is 31.9 Å². The molecule has 1 rings (SSSR count). The molecule has 0 bridgehead atoms. The van der Waals surface area contributed by atoms with Crippen molar-refractivity contribution in [2.24, 2.45) is 0 Å². The van der Waals surface area contributed by atoms with E-state index in [1.165, 1.54) is 0 Å². The van der Waals surface area contributed by atoms with Crippen LogP contribution in [0.15, 0.2) is 6.07 Å². The smallest absolute Gasteiger partial charge is 0.419 e. The van der Waals surface area contributed by atoms with Crippen LogP contribution in [0.5, 0.6) is 0 Å². The summed E-state index contributed by atoms with van der Waals surface area (Å²) in [6.45, 7) is 0. The summed E-state index contributed by atoms with van der Waals surface area (Å²) in [5.41, 5.74) is -3.29. The zero-order valence-corrected chi connectivity index (χ0v) is 9.19. The first-order valence-corrected chi connectivity index (χ1v) is 4.77. The maximum Gasteiger partial charge on any atom is 0.419 e. The van der Waals surface area contributed by atoms with Crippen molar-refractivity contribution in [2.75, 3.05) is 0 Å². The molecule has 0 spiro atoms. The van der Waals surface area contributed by atoms with Crippen LogP contribution in [0, 0.1) is 0 Å². The molecule has 1 aromatic rings. The second-order valence-electron chi connectivity index (χ2n) is 3.23. The van der Waals surface area contributed by atoms with Crippen molar-refractivity contribution in [3.63, 3.8) is 0 Å². The molecule has 18 heavy (non-hydrogen) atoms. The maximum atomic E-state index is 12.5. The Morgan fingerprint density at radius 2 is 2.00 bits per heavy atom. The minimum atomic E-state index is -4.94. The number of carboxylic acids is 1. The summed E-state index contributed by atoms with van der Waals surface area (Å²) >= 11 is 5.21. The van der Waals surface area contributed by atoms with Gasteiger partial charge in [-0.3, -0.25) is 4.79 Å². The fraction of sp³-hybridized carbons (Fsp3) is 0.333. The molecule has 0 aromatic carbocycles. The van der Waals surface area contributed by atoms with E-state index in [4.69, 9.17) is 16.7 Å². The van der Waals surface area contributed by atoms with Crippen LogP contribution in [0.25, 0.3) is 0 Å². The van der Waals surface area contributed by atoms with Crippen LogP contribution in [0.1, 0.15) is 23.2 Å². The molecule has 1 aromatic heterocycles. The summed E-state index contributed by atoms with van der Waals surface area (Å²) in [6, 6.07) is 0.123. The molecule has 1 N–H and O–H groups in total. The summed E-state index contributed by atoms with van der Waals surface area (Å²) in [5, 5.41) is 7.39. The molecule has 0 radical (unpaired) electrons. The third-order valence-corrected chi connectivity index (χ3v) is 2.24. The van der Waals surface area contributed by atoms with Gasteiger partial charge in [-0.1, -0.05) is 11.6 Å². The molecular formula is C9H5ClF5NO2. The lowest BCUT2D eigenvalue weighted by Crippen LogP contribution is -2.13. The number of carbonyl (C=O) groups is 1. The fourth-order valence-electron chi connectivity index (χ4n) is 1.21. The van der Waals surface area contributed by atoms with E-state index in [1.807, 2.05) is 0 Å². The van der Waals surface area contributed by atoms with Crippen molar-refractivity contribution in [3.8, 4) is 0 Å².